The highest BCUT2D eigenvalue weighted by Crippen LogP contribution is 2.56. The summed E-state index contributed by atoms with van der Waals surface area (Å²) >= 11 is 5.24. The van der Waals surface area contributed by atoms with E-state index in [0.29, 0.717) is 15.5 Å². The number of Topliss-reactive ketones (excluding diaryl/α,β-unsaturated/α-hetero) is 2. The van der Waals surface area contributed by atoms with Gasteiger partial charge in [-0.3, -0.25) is 30.0 Å². The number of nitrogens with one attached hydrogen (secondary N) is 2. The fraction of sp³-hybridized carbons (Fsp3) is 0.231. The predicted molar refractivity (Wildman–Crippen MR) is 140 cm³/mol. The van der Waals surface area contributed by atoms with Crippen LogP contribution in [0.5, 0.6) is 11.5 Å². The molecule has 6 N–H and O–H groups in total. The summed E-state index contributed by atoms with van der Waals surface area (Å²) in [6, 6.07) is 8.78. The van der Waals surface area contributed by atoms with E-state index in [0.717, 1.165) is 11.8 Å². The lowest BCUT2D eigenvalue weighted by Gasteiger charge is -2.45. The van der Waals surface area contributed by atoms with Gasteiger partial charge < -0.3 is 25.2 Å². The molecular formula is C26H22N2O9S2. The smallest absolute Gasteiger partial charge is 0.276 e. The number of aliphatic hydroxyl groups is 3. The Labute approximate surface area is 230 Å². The van der Waals surface area contributed by atoms with Crippen LogP contribution in [0.4, 0.5) is 0 Å². The lowest BCUT2D eigenvalue weighted by atomic mass is 9.64. The molecule has 1 aliphatic heterocycles. The third kappa shape index (κ3) is 4.13. The summed E-state index contributed by atoms with van der Waals surface area (Å²) in [5, 5.41) is 43.2. The number of rotatable bonds is 3. The second-order valence-electron chi connectivity index (χ2n) is 9.19. The molecule has 3 aliphatic rings. The molecule has 2 aromatic rings. The molecule has 202 valence electrons. The van der Waals surface area contributed by atoms with Gasteiger partial charge in [-0.15, -0.1) is 24.4 Å². The fourth-order valence-electron chi connectivity index (χ4n) is 5.06. The highest BCUT2D eigenvalue weighted by Gasteiger charge is 2.61. The number of benzene rings is 2. The lowest BCUT2D eigenvalue weighted by molar-refractivity contribution is -0.145. The number of hydrogen-bond acceptors (Lipinski definition) is 11. The number of methoxy groups -OCH3 is 1. The van der Waals surface area contributed by atoms with Crippen LogP contribution in [-0.2, 0) is 14.4 Å². The van der Waals surface area contributed by atoms with Crippen LogP contribution in [0.15, 0.2) is 63.1 Å². The zero-order valence-electron chi connectivity index (χ0n) is 20.2. The number of phenols is 1. The van der Waals surface area contributed by atoms with Crippen molar-refractivity contribution in [3.63, 3.8) is 0 Å². The summed E-state index contributed by atoms with van der Waals surface area (Å²) in [6.45, 7) is 0. The largest absolute Gasteiger partial charge is 0.508 e. The number of amides is 2. The topological polar surface area (TPSA) is 182 Å². The van der Waals surface area contributed by atoms with E-state index in [2.05, 4.69) is 18.1 Å². The Balaban J connectivity index is 1.49. The van der Waals surface area contributed by atoms with Gasteiger partial charge in [-0.25, -0.2) is 0 Å². The first-order chi connectivity index (χ1) is 18.5. The Morgan fingerprint density at radius 3 is 2.38 bits per heavy atom. The average Bonchev–Trinajstić information content (AvgIpc) is 2.90. The van der Waals surface area contributed by atoms with E-state index in [1.807, 2.05) is 5.43 Å². The number of hydrogen-bond donors (Lipinski definition) is 7. The van der Waals surface area contributed by atoms with Gasteiger partial charge in [-0.1, -0.05) is 0 Å². The van der Waals surface area contributed by atoms with Gasteiger partial charge in [0, 0.05) is 28.0 Å². The number of aliphatic hydroxyl groups excluding tert-OH is 2. The van der Waals surface area contributed by atoms with Crippen molar-refractivity contribution in [2.24, 2.45) is 5.92 Å². The third-order valence-corrected chi connectivity index (χ3v) is 8.68. The van der Waals surface area contributed by atoms with E-state index in [9.17, 15) is 39.6 Å². The van der Waals surface area contributed by atoms with Crippen molar-refractivity contribution >= 4 is 53.5 Å². The van der Waals surface area contributed by atoms with E-state index in [1.165, 1.54) is 31.4 Å². The van der Waals surface area contributed by atoms with Crippen molar-refractivity contribution in [3.05, 3.63) is 64.4 Å². The van der Waals surface area contributed by atoms with Crippen molar-refractivity contribution in [1.82, 2.24) is 10.9 Å². The van der Waals surface area contributed by atoms with Crippen LogP contribution in [0, 0.1) is 5.92 Å². The minimum absolute atomic E-state index is 0.0207. The Morgan fingerprint density at radius 2 is 1.72 bits per heavy atom. The summed E-state index contributed by atoms with van der Waals surface area (Å²) in [5.74, 6) is -6.77. The molecule has 1 saturated carbocycles. The molecular weight excluding hydrogens is 548 g/mol. The van der Waals surface area contributed by atoms with Crippen molar-refractivity contribution < 1.29 is 44.3 Å². The Kier molecular flexibility index (Phi) is 6.61. The first kappa shape index (κ1) is 26.7. The van der Waals surface area contributed by atoms with Gasteiger partial charge in [0.1, 0.15) is 28.6 Å². The monoisotopic (exact) mass is 570 g/mol. The molecule has 11 nitrogen and oxygen atoms in total. The molecule has 1 heterocycles. The first-order valence-electron chi connectivity index (χ1n) is 11.6. The summed E-state index contributed by atoms with van der Waals surface area (Å²) in [5.41, 5.74) is 0.388. The van der Waals surface area contributed by atoms with Crippen LogP contribution in [0.1, 0.15) is 28.8 Å². The Hall–Kier alpha value is -3.94. The molecule has 5 rings (SSSR count). The number of ketones is 2. The molecule has 0 aromatic heterocycles. The number of fused-ring (bicyclic) bond motifs is 3. The van der Waals surface area contributed by atoms with E-state index < -0.39 is 63.7 Å². The number of aromatic hydroxyl groups is 1. The summed E-state index contributed by atoms with van der Waals surface area (Å²) in [4.78, 5) is 52.8. The van der Waals surface area contributed by atoms with Crippen LogP contribution in [0.25, 0.3) is 5.76 Å². The molecule has 13 heteroatoms. The molecule has 2 aromatic carbocycles. The van der Waals surface area contributed by atoms with Gasteiger partial charge in [0.2, 0.25) is 5.78 Å². The molecule has 39 heavy (non-hydrogen) atoms. The fourth-order valence-corrected chi connectivity index (χ4v) is 6.75. The highest BCUT2D eigenvalue weighted by atomic mass is 32.2. The number of ether oxygens (including phenoxy) is 1. The van der Waals surface area contributed by atoms with Crippen LogP contribution >= 0.6 is 24.4 Å². The van der Waals surface area contributed by atoms with E-state index in [4.69, 9.17) is 4.74 Å². The Morgan fingerprint density at radius 1 is 1.05 bits per heavy atom. The van der Waals surface area contributed by atoms with Gasteiger partial charge in [0.05, 0.1) is 23.1 Å². The maximum absolute atomic E-state index is 13.7. The minimum Gasteiger partial charge on any atom is -0.508 e. The number of phenolic OH excluding ortho intramolecular Hbond substituents is 1. The number of carbonyl (C=O) groups is 4. The lowest BCUT2D eigenvalue weighted by Crippen LogP contribution is -2.59. The second kappa shape index (κ2) is 9.67. The SMILES string of the molecule is COc1ccc(O)c2c1SC1CC3CC(=O)C(C(=O)NNC(=O)c4ccc(S)cc4)=C(O)C3(O)C(=O)C1=C2O. The van der Waals surface area contributed by atoms with E-state index >= 15 is 0 Å². The highest BCUT2D eigenvalue weighted by molar-refractivity contribution is 8.00. The summed E-state index contributed by atoms with van der Waals surface area (Å²) in [6.07, 6.45) is -0.478. The van der Waals surface area contributed by atoms with Gasteiger partial charge in [-0.05, 0) is 42.8 Å². The second-order valence-corrected chi connectivity index (χ2v) is 10.9. The zero-order chi connectivity index (χ0) is 28.2. The molecule has 2 aliphatic carbocycles. The molecule has 3 unspecified atom stereocenters. The number of carbonyl (C=O) groups excluding carboxylic acids is 4. The van der Waals surface area contributed by atoms with Crippen molar-refractivity contribution in [2.75, 3.05) is 7.11 Å². The molecule has 0 radical (unpaired) electrons. The number of thioether (sulfide) groups is 1. The molecule has 0 saturated heterocycles. The average molecular weight is 571 g/mol. The van der Waals surface area contributed by atoms with Gasteiger partial charge >= 0.3 is 0 Å². The van der Waals surface area contributed by atoms with E-state index in [1.54, 1.807) is 12.1 Å². The quantitative estimate of drug-likeness (QED) is 0.164. The van der Waals surface area contributed by atoms with Gasteiger partial charge in [0.15, 0.2) is 11.4 Å². The van der Waals surface area contributed by atoms with Crippen molar-refractivity contribution in [2.45, 2.75) is 33.5 Å². The van der Waals surface area contributed by atoms with Gasteiger partial charge in [0.25, 0.3) is 11.8 Å². The molecule has 0 spiro atoms. The molecule has 2 amide bonds. The standard InChI is InChI=1S/C26H22N2O9S2/c1-37-15-7-6-13(29)17-20(31)19-16(39-21(15)17)9-11-8-14(30)18(22(32)26(11,36)23(19)33)25(35)28-27-24(34)10-2-4-12(38)5-3-10/h2-7,11,16,29,31-32,36,38H,8-9H2,1H3,(H,27,34)(H,28,35). The minimum atomic E-state index is -2.70. The normalized spacial score (nSPS) is 24.0. The van der Waals surface area contributed by atoms with Crippen LogP contribution in [0.2, 0.25) is 0 Å². The zero-order valence-corrected chi connectivity index (χ0v) is 21.9. The van der Waals surface area contributed by atoms with Crippen molar-refractivity contribution in [1.29, 1.82) is 0 Å². The predicted octanol–water partition coefficient (Wildman–Crippen LogP) is 2.00. The van der Waals surface area contributed by atoms with Crippen molar-refractivity contribution in [3.8, 4) is 11.5 Å². The van der Waals surface area contributed by atoms with E-state index in [-0.39, 0.29) is 28.9 Å². The molecule has 3 atom stereocenters. The van der Waals surface area contributed by atoms with Gasteiger partial charge in [-0.2, -0.15) is 0 Å². The third-order valence-electron chi connectivity index (χ3n) is 7.03. The molecule has 1 fully saturated rings. The molecule has 0 bridgehead atoms. The van der Waals surface area contributed by atoms with Crippen LogP contribution < -0.4 is 15.6 Å². The summed E-state index contributed by atoms with van der Waals surface area (Å²) < 4.78 is 5.32. The maximum Gasteiger partial charge on any atom is 0.276 e. The maximum atomic E-state index is 13.7. The van der Waals surface area contributed by atoms with Crippen LogP contribution in [0.3, 0.4) is 0 Å². The van der Waals surface area contributed by atoms with Crippen LogP contribution in [-0.4, -0.2) is 61.8 Å². The number of thiol groups is 1. The summed E-state index contributed by atoms with van der Waals surface area (Å²) in [7, 11) is 1.41. The first-order valence-corrected chi connectivity index (χ1v) is 13.0. The number of hydrazine groups is 1. The Bertz CT molecular complexity index is 1520.